The van der Waals surface area contributed by atoms with E-state index in [-0.39, 0.29) is 24.9 Å². The van der Waals surface area contributed by atoms with Crippen LogP contribution in [0, 0.1) is 0 Å². The van der Waals surface area contributed by atoms with Gasteiger partial charge in [0.1, 0.15) is 5.82 Å². The van der Waals surface area contributed by atoms with Crippen LogP contribution in [0.5, 0.6) is 0 Å². The highest BCUT2D eigenvalue weighted by molar-refractivity contribution is 7.88. The third-order valence-corrected chi connectivity index (χ3v) is 6.05. The summed E-state index contributed by atoms with van der Waals surface area (Å²) >= 11 is 0. The summed E-state index contributed by atoms with van der Waals surface area (Å²) in [4.78, 5) is 20.8. The number of hydrogen-bond donors (Lipinski definition) is 0. The maximum atomic E-state index is 12.5. The first-order chi connectivity index (χ1) is 11.8. The minimum atomic E-state index is -3.30. The van der Waals surface area contributed by atoms with E-state index in [9.17, 15) is 13.2 Å². The van der Waals surface area contributed by atoms with Gasteiger partial charge in [-0.05, 0) is 25.5 Å². The molecule has 140 valence electrons. The molecule has 1 aliphatic heterocycles. The summed E-state index contributed by atoms with van der Waals surface area (Å²) in [7, 11) is -3.30. The van der Waals surface area contributed by atoms with Gasteiger partial charge < -0.3 is 9.80 Å². The molecule has 1 unspecified atom stereocenters. The molecule has 0 radical (unpaired) electrons. The third-order valence-electron chi connectivity index (χ3n) is 4.66. The topological polar surface area (TPSA) is 73.8 Å². The summed E-state index contributed by atoms with van der Waals surface area (Å²) in [5.41, 5.74) is 0. The number of aromatic nitrogens is 1. The smallest absolute Gasteiger partial charge is 0.224 e. The molecule has 2 heterocycles. The highest BCUT2D eigenvalue weighted by atomic mass is 32.2. The molecule has 0 spiro atoms. The molecule has 2 rings (SSSR count). The van der Waals surface area contributed by atoms with Crippen molar-refractivity contribution in [2.45, 2.75) is 32.7 Å². The van der Waals surface area contributed by atoms with Crippen molar-refractivity contribution in [2.75, 3.05) is 43.9 Å². The normalized spacial score (nSPS) is 17.0. The van der Waals surface area contributed by atoms with Crippen LogP contribution in [0.2, 0.25) is 0 Å². The zero-order chi connectivity index (χ0) is 18.4. The highest BCUT2D eigenvalue weighted by Crippen LogP contribution is 2.14. The van der Waals surface area contributed by atoms with E-state index in [1.54, 1.807) is 6.20 Å². The van der Waals surface area contributed by atoms with Gasteiger partial charge >= 0.3 is 0 Å². The van der Waals surface area contributed by atoms with Crippen LogP contribution < -0.4 is 4.90 Å². The highest BCUT2D eigenvalue weighted by Gasteiger charge is 2.26. The van der Waals surface area contributed by atoms with Gasteiger partial charge in [-0.3, -0.25) is 4.79 Å². The Labute approximate surface area is 150 Å². The molecule has 0 saturated carbocycles. The van der Waals surface area contributed by atoms with Crippen molar-refractivity contribution in [1.82, 2.24) is 14.2 Å². The lowest BCUT2D eigenvalue weighted by atomic mass is 10.2. The maximum absolute atomic E-state index is 12.5. The molecule has 1 aromatic rings. The summed E-state index contributed by atoms with van der Waals surface area (Å²) in [6.07, 6.45) is 3.92. The molecule has 1 saturated heterocycles. The zero-order valence-corrected chi connectivity index (χ0v) is 16.1. The fraction of sp³-hybridized carbons (Fsp3) is 0.647. The quantitative estimate of drug-likeness (QED) is 0.723. The van der Waals surface area contributed by atoms with Crippen molar-refractivity contribution in [3.8, 4) is 0 Å². The number of pyridine rings is 1. The molecular weight excluding hydrogens is 340 g/mol. The lowest BCUT2D eigenvalue weighted by molar-refractivity contribution is -0.131. The Hall–Kier alpha value is -1.67. The number of anilines is 1. The van der Waals surface area contributed by atoms with E-state index in [0.717, 1.165) is 25.3 Å². The van der Waals surface area contributed by atoms with Crippen molar-refractivity contribution >= 4 is 21.7 Å². The van der Waals surface area contributed by atoms with Crippen molar-refractivity contribution in [3.63, 3.8) is 0 Å². The number of sulfonamides is 1. The van der Waals surface area contributed by atoms with Crippen LogP contribution in [0.3, 0.4) is 0 Å². The number of carbonyl (C=O) groups is 1. The zero-order valence-electron chi connectivity index (χ0n) is 15.3. The van der Waals surface area contributed by atoms with Crippen LogP contribution in [-0.4, -0.2) is 73.5 Å². The van der Waals surface area contributed by atoms with Gasteiger partial charge in [-0.15, -0.1) is 0 Å². The molecule has 1 fully saturated rings. The van der Waals surface area contributed by atoms with Crippen molar-refractivity contribution in [2.24, 2.45) is 0 Å². The summed E-state index contributed by atoms with van der Waals surface area (Å²) in [6, 6.07) is 5.71. The molecule has 25 heavy (non-hydrogen) atoms. The second-order valence-corrected chi connectivity index (χ2v) is 8.37. The number of amides is 1. The Morgan fingerprint density at radius 3 is 2.48 bits per heavy atom. The number of carbonyl (C=O) groups excluding carboxylic acids is 1. The van der Waals surface area contributed by atoms with E-state index >= 15 is 0 Å². The van der Waals surface area contributed by atoms with Gasteiger partial charge in [0.25, 0.3) is 0 Å². The lowest BCUT2D eigenvalue weighted by Gasteiger charge is -2.36. The summed E-state index contributed by atoms with van der Waals surface area (Å²) in [5, 5.41) is 0. The Kier molecular flexibility index (Phi) is 6.78. The third kappa shape index (κ3) is 5.40. The van der Waals surface area contributed by atoms with Gasteiger partial charge in [-0.2, -0.15) is 4.31 Å². The first-order valence-electron chi connectivity index (χ1n) is 8.73. The Balaban J connectivity index is 1.86. The molecule has 7 nitrogen and oxygen atoms in total. The van der Waals surface area contributed by atoms with Crippen LogP contribution in [0.25, 0.3) is 0 Å². The van der Waals surface area contributed by atoms with Gasteiger partial charge in [0.05, 0.1) is 6.26 Å². The summed E-state index contributed by atoms with van der Waals surface area (Å²) in [6.45, 7) is 6.81. The van der Waals surface area contributed by atoms with E-state index in [1.165, 1.54) is 10.6 Å². The van der Waals surface area contributed by atoms with Gasteiger partial charge in [0, 0.05) is 51.4 Å². The van der Waals surface area contributed by atoms with Crippen LogP contribution in [0.4, 0.5) is 5.82 Å². The molecular formula is C17H28N4O3S. The minimum absolute atomic E-state index is 0.0117. The maximum Gasteiger partial charge on any atom is 0.224 e. The van der Waals surface area contributed by atoms with Crippen LogP contribution in [-0.2, 0) is 14.8 Å². The van der Waals surface area contributed by atoms with Gasteiger partial charge in [-0.1, -0.05) is 13.0 Å². The van der Waals surface area contributed by atoms with Crippen molar-refractivity contribution in [1.29, 1.82) is 0 Å². The molecule has 0 N–H and O–H groups in total. The van der Waals surface area contributed by atoms with E-state index in [2.05, 4.69) is 9.88 Å². The fourth-order valence-corrected chi connectivity index (χ4v) is 4.23. The molecule has 1 aliphatic rings. The predicted molar refractivity (Wildman–Crippen MR) is 98.9 cm³/mol. The monoisotopic (exact) mass is 368 g/mol. The number of hydrogen-bond acceptors (Lipinski definition) is 5. The molecule has 0 aromatic carbocycles. The molecule has 1 aromatic heterocycles. The summed E-state index contributed by atoms with van der Waals surface area (Å²) in [5.74, 6) is 0.937. The van der Waals surface area contributed by atoms with Crippen molar-refractivity contribution < 1.29 is 13.2 Å². The number of nitrogens with zero attached hydrogens (tertiary/aromatic N) is 4. The van der Waals surface area contributed by atoms with Gasteiger partial charge in [0.2, 0.25) is 15.9 Å². The number of rotatable bonds is 7. The Morgan fingerprint density at radius 1 is 1.28 bits per heavy atom. The van der Waals surface area contributed by atoms with Crippen molar-refractivity contribution in [3.05, 3.63) is 24.4 Å². The lowest BCUT2D eigenvalue weighted by Crippen LogP contribution is -2.50. The molecule has 0 bridgehead atoms. The average Bonchev–Trinajstić information content (AvgIpc) is 2.61. The minimum Gasteiger partial charge on any atom is -0.353 e. The van der Waals surface area contributed by atoms with E-state index in [0.29, 0.717) is 13.1 Å². The Bertz CT molecular complexity index is 658. The fourth-order valence-electron chi connectivity index (χ4n) is 3.01. The molecule has 1 atom stereocenters. The molecule has 0 aliphatic carbocycles. The van der Waals surface area contributed by atoms with Crippen LogP contribution >= 0.6 is 0 Å². The average molecular weight is 369 g/mol. The first kappa shape index (κ1) is 19.7. The van der Waals surface area contributed by atoms with E-state index < -0.39 is 10.0 Å². The first-order valence-corrected chi connectivity index (χ1v) is 10.6. The molecule has 8 heteroatoms. The second kappa shape index (κ2) is 8.62. The predicted octanol–water partition coefficient (Wildman–Crippen LogP) is 1.18. The largest absolute Gasteiger partial charge is 0.353 e. The van der Waals surface area contributed by atoms with Gasteiger partial charge in [-0.25, -0.2) is 13.4 Å². The summed E-state index contributed by atoms with van der Waals surface area (Å²) < 4.78 is 25.2. The van der Waals surface area contributed by atoms with Crippen LogP contribution in [0.1, 0.15) is 26.7 Å². The molecule has 1 amide bonds. The van der Waals surface area contributed by atoms with Crippen LogP contribution in [0.15, 0.2) is 24.4 Å². The second-order valence-electron chi connectivity index (χ2n) is 6.44. The van der Waals surface area contributed by atoms with E-state index in [4.69, 9.17) is 0 Å². The number of piperazine rings is 1. The standard InChI is InChI=1S/C17H28N4O3S/c1-4-15(2)21(25(3,23)24)10-8-17(22)20-13-11-19(12-14-20)16-7-5-6-9-18-16/h5-7,9,15H,4,8,10-14H2,1-3H3. The van der Waals surface area contributed by atoms with E-state index in [1.807, 2.05) is 36.9 Å². The Morgan fingerprint density at radius 2 is 1.96 bits per heavy atom. The SMILES string of the molecule is CCC(C)N(CCC(=O)N1CCN(c2ccccn2)CC1)S(C)(=O)=O. The van der Waals surface area contributed by atoms with Gasteiger partial charge in [0.15, 0.2) is 0 Å².